The molecule has 1 aromatic heterocycles. The summed E-state index contributed by atoms with van der Waals surface area (Å²) in [6.07, 6.45) is 0. The molecule has 0 aliphatic carbocycles. The van der Waals surface area contributed by atoms with Crippen LogP contribution >= 0.6 is 23.2 Å². The average Bonchev–Trinajstić information content (AvgIpc) is 2.88. The molecule has 3 aromatic rings. The Balaban J connectivity index is 2.18. The van der Waals surface area contributed by atoms with Crippen LogP contribution in [-0.4, -0.2) is 16.2 Å². The average molecular weight is 321 g/mol. The molecular weight excluding hydrogens is 307 g/mol. The molecule has 108 valence electrons. The summed E-state index contributed by atoms with van der Waals surface area (Å²) in [6.45, 7) is 2.61. The Labute approximate surface area is 133 Å². The van der Waals surface area contributed by atoms with E-state index in [1.54, 1.807) is 0 Å². The molecule has 0 radical (unpaired) electrons. The lowest BCUT2D eigenvalue weighted by Crippen LogP contribution is -2.00. The lowest BCUT2D eigenvalue weighted by atomic mass is 10.2. The third kappa shape index (κ3) is 2.59. The van der Waals surface area contributed by atoms with E-state index >= 15 is 0 Å². The van der Waals surface area contributed by atoms with Gasteiger partial charge in [0.05, 0.1) is 28.5 Å². The van der Waals surface area contributed by atoms with E-state index < -0.39 is 0 Å². The van der Waals surface area contributed by atoms with E-state index in [0.717, 1.165) is 28.3 Å². The number of imidazole rings is 1. The van der Waals surface area contributed by atoms with Crippen molar-refractivity contribution in [2.24, 2.45) is 0 Å². The van der Waals surface area contributed by atoms with Crippen molar-refractivity contribution in [2.45, 2.75) is 12.8 Å². The van der Waals surface area contributed by atoms with E-state index in [9.17, 15) is 0 Å². The number of fused-ring (bicyclic) bond motifs is 1. The largest absolute Gasteiger partial charge is 0.494 e. The zero-order valence-corrected chi connectivity index (χ0v) is 13.0. The summed E-state index contributed by atoms with van der Waals surface area (Å²) in [7, 11) is 0. The van der Waals surface area contributed by atoms with Crippen LogP contribution < -0.4 is 4.74 Å². The van der Waals surface area contributed by atoms with Gasteiger partial charge in [-0.15, -0.1) is 11.6 Å². The Kier molecular flexibility index (Phi) is 4.04. The minimum absolute atomic E-state index is 0.318. The van der Waals surface area contributed by atoms with Gasteiger partial charge in [0.25, 0.3) is 0 Å². The molecule has 0 amide bonds. The van der Waals surface area contributed by atoms with Gasteiger partial charge in [-0.2, -0.15) is 0 Å². The van der Waals surface area contributed by atoms with E-state index in [-0.39, 0.29) is 0 Å². The molecule has 2 aromatic carbocycles. The first-order valence-corrected chi connectivity index (χ1v) is 7.61. The highest BCUT2D eigenvalue weighted by molar-refractivity contribution is 6.35. The van der Waals surface area contributed by atoms with Crippen molar-refractivity contribution < 1.29 is 4.74 Å². The number of para-hydroxylation sites is 1. The van der Waals surface area contributed by atoms with Crippen molar-refractivity contribution in [3.05, 3.63) is 53.3 Å². The van der Waals surface area contributed by atoms with E-state index in [4.69, 9.17) is 27.9 Å². The maximum Gasteiger partial charge on any atom is 0.129 e. The number of rotatable bonds is 4. The SMILES string of the molecule is CCOc1ccc(-n2c(CCl)nc3cccc(Cl)c32)cc1. The summed E-state index contributed by atoms with van der Waals surface area (Å²) < 4.78 is 7.46. The van der Waals surface area contributed by atoms with Gasteiger partial charge in [0.1, 0.15) is 11.6 Å². The molecule has 3 rings (SSSR count). The van der Waals surface area contributed by atoms with Crippen molar-refractivity contribution in [1.82, 2.24) is 9.55 Å². The standard InChI is InChI=1S/C16H14Cl2N2O/c1-2-21-12-8-6-11(7-9-12)20-15(10-17)19-14-5-3-4-13(18)16(14)20/h3-9H,2,10H2,1H3. The van der Waals surface area contributed by atoms with E-state index in [0.29, 0.717) is 17.5 Å². The van der Waals surface area contributed by atoms with Crippen LogP contribution in [0.5, 0.6) is 5.75 Å². The topological polar surface area (TPSA) is 27.1 Å². The van der Waals surface area contributed by atoms with Crippen LogP contribution in [0.15, 0.2) is 42.5 Å². The van der Waals surface area contributed by atoms with Crippen molar-refractivity contribution in [2.75, 3.05) is 6.61 Å². The molecule has 0 aliphatic rings. The summed E-state index contributed by atoms with van der Waals surface area (Å²) >= 11 is 12.4. The second kappa shape index (κ2) is 5.96. The maximum atomic E-state index is 6.33. The first-order valence-electron chi connectivity index (χ1n) is 6.69. The fourth-order valence-electron chi connectivity index (χ4n) is 2.36. The van der Waals surface area contributed by atoms with Crippen LogP contribution in [0.1, 0.15) is 12.7 Å². The van der Waals surface area contributed by atoms with Crippen LogP contribution in [0.3, 0.4) is 0 Å². The highest BCUT2D eigenvalue weighted by Gasteiger charge is 2.14. The summed E-state index contributed by atoms with van der Waals surface area (Å²) in [5, 5.41) is 0.658. The fourth-order valence-corrected chi connectivity index (χ4v) is 2.79. The molecule has 21 heavy (non-hydrogen) atoms. The monoisotopic (exact) mass is 320 g/mol. The van der Waals surface area contributed by atoms with Crippen LogP contribution in [0.25, 0.3) is 16.7 Å². The predicted octanol–water partition coefficient (Wildman–Crippen LogP) is 4.82. The number of alkyl halides is 1. The van der Waals surface area contributed by atoms with Crippen molar-refractivity contribution in [3.63, 3.8) is 0 Å². The van der Waals surface area contributed by atoms with Crippen LogP contribution in [-0.2, 0) is 5.88 Å². The van der Waals surface area contributed by atoms with E-state index in [2.05, 4.69) is 4.98 Å². The third-order valence-electron chi connectivity index (χ3n) is 3.22. The molecule has 0 aliphatic heterocycles. The Bertz CT molecular complexity index is 766. The van der Waals surface area contributed by atoms with Gasteiger partial charge in [-0.25, -0.2) is 4.98 Å². The Morgan fingerprint density at radius 2 is 1.90 bits per heavy atom. The van der Waals surface area contributed by atoms with Gasteiger partial charge in [-0.05, 0) is 43.3 Å². The van der Waals surface area contributed by atoms with Gasteiger partial charge in [0.2, 0.25) is 0 Å². The number of halogens is 2. The van der Waals surface area contributed by atoms with Crippen molar-refractivity contribution >= 4 is 34.2 Å². The van der Waals surface area contributed by atoms with Gasteiger partial charge in [-0.3, -0.25) is 4.57 Å². The maximum absolute atomic E-state index is 6.33. The molecule has 1 heterocycles. The lowest BCUT2D eigenvalue weighted by Gasteiger charge is -2.10. The molecule has 0 spiro atoms. The molecule has 0 atom stereocenters. The molecule has 0 saturated heterocycles. The molecule has 0 unspecified atom stereocenters. The smallest absolute Gasteiger partial charge is 0.129 e. The van der Waals surface area contributed by atoms with Crippen LogP contribution in [0, 0.1) is 0 Å². The quantitative estimate of drug-likeness (QED) is 0.644. The zero-order valence-electron chi connectivity index (χ0n) is 11.5. The van der Waals surface area contributed by atoms with Crippen LogP contribution in [0.4, 0.5) is 0 Å². The summed E-state index contributed by atoms with van der Waals surface area (Å²) in [6, 6.07) is 13.5. The van der Waals surface area contributed by atoms with Gasteiger partial charge in [0.15, 0.2) is 0 Å². The number of ether oxygens (including phenoxy) is 1. The second-order valence-electron chi connectivity index (χ2n) is 4.53. The third-order valence-corrected chi connectivity index (χ3v) is 3.77. The van der Waals surface area contributed by atoms with Gasteiger partial charge < -0.3 is 4.74 Å². The Morgan fingerprint density at radius 3 is 2.57 bits per heavy atom. The summed E-state index contributed by atoms with van der Waals surface area (Å²) in [5.41, 5.74) is 2.68. The van der Waals surface area contributed by atoms with Crippen molar-refractivity contribution in [1.29, 1.82) is 0 Å². The number of hydrogen-bond donors (Lipinski definition) is 0. The number of benzene rings is 2. The van der Waals surface area contributed by atoms with Gasteiger partial charge in [0, 0.05) is 5.69 Å². The minimum atomic E-state index is 0.318. The molecular formula is C16H14Cl2N2O. The van der Waals surface area contributed by atoms with Gasteiger partial charge in [-0.1, -0.05) is 17.7 Å². The van der Waals surface area contributed by atoms with E-state index in [1.807, 2.05) is 54.0 Å². The van der Waals surface area contributed by atoms with Gasteiger partial charge >= 0.3 is 0 Å². The summed E-state index contributed by atoms with van der Waals surface area (Å²) in [4.78, 5) is 4.54. The normalized spacial score (nSPS) is 11.0. The number of nitrogens with zero attached hydrogens (tertiary/aromatic N) is 2. The number of aromatic nitrogens is 2. The summed E-state index contributed by atoms with van der Waals surface area (Å²) in [5.74, 6) is 1.92. The second-order valence-corrected chi connectivity index (χ2v) is 5.21. The van der Waals surface area contributed by atoms with E-state index in [1.165, 1.54) is 0 Å². The molecule has 3 nitrogen and oxygen atoms in total. The van der Waals surface area contributed by atoms with Crippen LogP contribution in [0.2, 0.25) is 5.02 Å². The fraction of sp³-hybridized carbons (Fsp3) is 0.188. The first-order chi connectivity index (χ1) is 10.2. The highest BCUT2D eigenvalue weighted by atomic mass is 35.5. The zero-order chi connectivity index (χ0) is 14.8. The molecule has 0 bridgehead atoms. The lowest BCUT2D eigenvalue weighted by molar-refractivity contribution is 0.340. The highest BCUT2D eigenvalue weighted by Crippen LogP contribution is 2.29. The predicted molar refractivity (Wildman–Crippen MR) is 86.8 cm³/mol. The van der Waals surface area contributed by atoms with Crippen molar-refractivity contribution in [3.8, 4) is 11.4 Å². The number of hydrogen-bond acceptors (Lipinski definition) is 2. The molecule has 0 fully saturated rings. The minimum Gasteiger partial charge on any atom is -0.494 e. The Morgan fingerprint density at radius 1 is 1.14 bits per heavy atom. The Hall–Kier alpha value is -1.71. The molecule has 0 N–H and O–H groups in total. The molecule has 5 heteroatoms. The molecule has 0 saturated carbocycles. The first kappa shape index (κ1) is 14.2.